The van der Waals surface area contributed by atoms with Crippen LogP contribution in [0.25, 0.3) is 0 Å². The molecular weight excluding hydrogens is 226 g/mol. The summed E-state index contributed by atoms with van der Waals surface area (Å²) < 4.78 is 0.539. The molecule has 0 fully saturated rings. The van der Waals surface area contributed by atoms with Crippen LogP contribution in [0.3, 0.4) is 0 Å². The highest BCUT2D eigenvalue weighted by molar-refractivity contribution is 9.10. The van der Waals surface area contributed by atoms with Gasteiger partial charge >= 0.3 is 5.69 Å². The molecule has 0 spiro atoms. The van der Waals surface area contributed by atoms with E-state index in [9.17, 15) is 9.59 Å². The summed E-state index contributed by atoms with van der Waals surface area (Å²) in [6, 6.07) is 0. The minimum absolute atomic E-state index is 0.252. The van der Waals surface area contributed by atoms with Gasteiger partial charge in [-0.1, -0.05) is 0 Å². The van der Waals surface area contributed by atoms with Crippen LogP contribution in [0.15, 0.2) is 15.5 Å². The molecule has 6 heteroatoms. The van der Waals surface area contributed by atoms with E-state index in [1.807, 2.05) is 0 Å². The maximum Gasteiger partial charge on any atom is 0.346 e. The van der Waals surface area contributed by atoms with E-state index in [1.54, 1.807) is 0 Å². The zero-order chi connectivity index (χ0) is 9.14. The van der Waals surface area contributed by atoms with Crippen LogP contribution in [0.2, 0.25) is 0 Å². The Morgan fingerprint density at radius 3 is 3.00 bits per heavy atom. The molecule has 2 N–H and O–H groups in total. The highest BCUT2D eigenvalue weighted by atomic mass is 79.9. The molecule has 1 amide bonds. The van der Waals surface area contributed by atoms with Gasteiger partial charge in [-0.25, -0.2) is 9.78 Å². The number of nitrogens with one attached hydrogen (secondary N) is 2. The van der Waals surface area contributed by atoms with Crippen LogP contribution in [-0.4, -0.2) is 15.9 Å². The molecule has 0 radical (unpaired) electrons. The predicted octanol–water partition coefficient (Wildman–Crippen LogP) is 0.491. The molecular formula is C6H6BrN3O2. The fraction of sp³-hybridized carbons (Fsp3) is 0.167. The molecule has 0 unspecified atom stereocenters. The highest BCUT2D eigenvalue weighted by Crippen LogP contribution is 2.15. The van der Waals surface area contributed by atoms with Gasteiger partial charge in [0.15, 0.2) is 0 Å². The molecule has 0 aliphatic carbocycles. The van der Waals surface area contributed by atoms with Gasteiger partial charge in [-0.2, -0.15) is 0 Å². The second-order valence-electron chi connectivity index (χ2n) is 2.09. The van der Waals surface area contributed by atoms with Crippen molar-refractivity contribution in [1.29, 1.82) is 0 Å². The first-order chi connectivity index (χ1) is 5.59. The number of hydrogen-bond donors (Lipinski definition) is 2. The zero-order valence-electron chi connectivity index (χ0n) is 6.22. The Kier molecular flexibility index (Phi) is 2.59. The SMILES string of the molecule is CC(=O)Nc1[nH]c(=O)ncc1Br. The number of aromatic amines is 1. The van der Waals surface area contributed by atoms with E-state index in [2.05, 4.69) is 31.2 Å². The number of rotatable bonds is 1. The Bertz CT molecular complexity index is 360. The molecule has 0 aliphatic heterocycles. The fourth-order valence-corrected chi connectivity index (χ4v) is 0.946. The summed E-state index contributed by atoms with van der Waals surface area (Å²) in [5.41, 5.74) is -0.498. The van der Waals surface area contributed by atoms with Crippen LogP contribution >= 0.6 is 15.9 Å². The summed E-state index contributed by atoms with van der Waals surface area (Å²) in [4.78, 5) is 27.1. The zero-order valence-corrected chi connectivity index (χ0v) is 7.81. The van der Waals surface area contributed by atoms with Crippen LogP contribution in [0, 0.1) is 0 Å². The first kappa shape index (κ1) is 8.92. The molecule has 0 aliphatic rings. The Morgan fingerprint density at radius 1 is 1.75 bits per heavy atom. The largest absolute Gasteiger partial charge is 0.346 e. The summed E-state index contributed by atoms with van der Waals surface area (Å²) in [6.45, 7) is 1.35. The summed E-state index contributed by atoms with van der Waals surface area (Å²) in [5.74, 6) is 0.0695. The highest BCUT2D eigenvalue weighted by Gasteiger charge is 2.01. The lowest BCUT2D eigenvalue weighted by Gasteiger charge is -2.01. The molecule has 1 aromatic rings. The fourth-order valence-electron chi connectivity index (χ4n) is 0.646. The number of aromatic nitrogens is 2. The maximum absolute atomic E-state index is 10.7. The molecule has 0 aromatic carbocycles. The van der Waals surface area contributed by atoms with Crippen molar-refractivity contribution in [2.24, 2.45) is 0 Å². The Balaban J connectivity index is 3.05. The third-order valence-electron chi connectivity index (χ3n) is 1.07. The van der Waals surface area contributed by atoms with Gasteiger partial charge in [-0.3, -0.25) is 9.78 Å². The smallest absolute Gasteiger partial charge is 0.311 e. The van der Waals surface area contributed by atoms with Gasteiger partial charge in [-0.15, -0.1) is 0 Å². The lowest BCUT2D eigenvalue weighted by molar-refractivity contribution is -0.114. The molecule has 1 aromatic heterocycles. The van der Waals surface area contributed by atoms with Crippen LogP contribution in [0.1, 0.15) is 6.92 Å². The standard InChI is InChI=1S/C6H6BrN3O2/c1-3(11)9-5-4(7)2-8-6(12)10-5/h2H,1H3,(H2,8,9,10,11,12). The Labute approximate surface area is 76.3 Å². The third kappa shape index (κ3) is 2.16. The first-order valence-corrected chi connectivity index (χ1v) is 3.91. The van der Waals surface area contributed by atoms with E-state index in [4.69, 9.17) is 0 Å². The minimum Gasteiger partial charge on any atom is -0.311 e. The number of anilines is 1. The number of carbonyl (C=O) groups excluding carboxylic acids is 1. The van der Waals surface area contributed by atoms with Gasteiger partial charge in [0, 0.05) is 6.92 Å². The van der Waals surface area contributed by atoms with Gasteiger partial charge in [0.25, 0.3) is 0 Å². The van der Waals surface area contributed by atoms with Crippen LogP contribution in [0.5, 0.6) is 0 Å². The van der Waals surface area contributed by atoms with Gasteiger partial charge < -0.3 is 5.32 Å². The van der Waals surface area contributed by atoms with Crippen molar-refractivity contribution in [1.82, 2.24) is 9.97 Å². The Morgan fingerprint density at radius 2 is 2.42 bits per heavy atom. The van der Waals surface area contributed by atoms with E-state index in [-0.39, 0.29) is 5.91 Å². The molecule has 0 saturated carbocycles. The van der Waals surface area contributed by atoms with Crippen molar-refractivity contribution >= 4 is 27.7 Å². The number of halogens is 1. The molecule has 0 atom stereocenters. The molecule has 1 rings (SSSR count). The van der Waals surface area contributed by atoms with Gasteiger partial charge in [-0.05, 0) is 15.9 Å². The molecule has 0 saturated heterocycles. The van der Waals surface area contributed by atoms with E-state index in [0.717, 1.165) is 0 Å². The van der Waals surface area contributed by atoms with E-state index < -0.39 is 5.69 Å². The number of H-pyrrole nitrogens is 1. The monoisotopic (exact) mass is 231 g/mol. The lowest BCUT2D eigenvalue weighted by atomic mass is 10.5. The van der Waals surface area contributed by atoms with E-state index in [0.29, 0.717) is 10.3 Å². The topological polar surface area (TPSA) is 74.8 Å². The molecule has 1 heterocycles. The minimum atomic E-state index is -0.498. The van der Waals surface area contributed by atoms with Crippen molar-refractivity contribution in [3.05, 3.63) is 21.2 Å². The summed E-state index contributed by atoms with van der Waals surface area (Å²) >= 11 is 3.11. The van der Waals surface area contributed by atoms with Gasteiger partial charge in [0.1, 0.15) is 5.82 Å². The Hall–Kier alpha value is -1.17. The van der Waals surface area contributed by atoms with Crippen molar-refractivity contribution in [3.8, 4) is 0 Å². The average Bonchev–Trinajstić information content (AvgIpc) is 1.96. The van der Waals surface area contributed by atoms with Gasteiger partial charge in [0.2, 0.25) is 5.91 Å². The number of hydrogen-bond acceptors (Lipinski definition) is 3. The second kappa shape index (κ2) is 3.48. The van der Waals surface area contributed by atoms with Crippen LogP contribution < -0.4 is 11.0 Å². The molecule has 64 valence electrons. The van der Waals surface area contributed by atoms with Crippen molar-refractivity contribution in [2.75, 3.05) is 5.32 Å². The average molecular weight is 232 g/mol. The molecule has 5 nitrogen and oxygen atoms in total. The van der Waals surface area contributed by atoms with Crippen molar-refractivity contribution in [3.63, 3.8) is 0 Å². The summed E-state index contributed by atoms with van der Waals surface area (Å²) in [5, 5.41) is 2.43. The third-order valence-corrected chi connectivity index (χ3v) is 1.67. The quantitative estimate of drug-likeness (QED) is 0.739. The number of amides is 1. The number of carbonyl (C=O) groups is 1. The van der Waals surface area contributed by atoms with Crippen LogP contribution in [-0.2, 0) is 4.79 Å². The van der Waals surface area contributed by atoms with E-state index in [1.165, 1.54) is 13.1 Å². The molecule has 12 heavy (non-hydrogen) atoms. The van der Waals surface area contributed by atoms with E-state index >= 15 is 0 Å². The second-order valence-corrected chi connectivity index (χ2v) is 2.95. The normalized spacial score (nSPS) is 9.50. The maximum atomic E-state index is 10.7. The van der Waals surface area contributed by atoms with Crippen molar-refractivity contribution < 1.29 is 4.79 Å². The van der Waals surface area contributed by atoms with Crippen molar-refractivity contribution in [2.45, 2.75) is 6.92 Å². The first-order valence-electron chi connectivity index (χ1n) is 3.12. The summed E-state index contributed by atoms with van der Waals surface area (Å²) in [7, 11) is 0. The predicted molar refractivity (Wildman–Crippen MR) is 46.9 cm³/mol. The number of nitrogens with zero attached hydrogens (tertiary/aromatic N) is 1. The lowest BCUT2D eigenvalue weighted by Crippen LogP contribution is -2.16. The summed E-state index contributed by atoms with van der Waals surface area (Å²) in [6.07, 6.45) is 1.32. The van der Waals surface area contributed by atoms with Gasteiger partial charge in [0.05, 0.1) is 10.7 Å². The molecule has 0 bridgehead atoms. The van der Waals surface area contributed by atoms with Crippen LogP contribution in [0.4, 0.5) is 5.82 Å².